The van der Waals surface area contributed by atoms with Gasteiger partial charge in [0, 0.05) is 23.6 Å². The molecule has 1 aromatic rings. The van der Waals surface area contributed by atoms with Crippen molar-refractivity contribution in [3.8, 4) is 0 Å². The minimum atomic E-state index is -0.203. The number of nitrogens with one attached hydrogen (secondary N) is 1. The summed E-state index contributed by atoms with van der Waals surface area (Å²) in [6.45, 7) is 3.06. The van der Waals surface area contributed by atoms with E-state index in [0.29, 0.717) is 25.0 Å². The van der Waals surface area contributed by atoms with Crippen LogP contribution < -0.4 is 10.2 Å². The summed E-state index contributed by atoms with van der Waals surface area (Å²) in [6, 6.07) is 3.89. The van der Waals surface area contributed by atoms with Gasteiger partial charge in [-0.25, -0.2) is 4.98 Å². The standard InChI is InChI=1S/C20H26BrN3O2/c21-20-11-14-8-15(12-20)10-19(9-14,13-20)18(25)23-16-2-1-3-22-17(16)24-4-6-26-7-5-24/h1-3,14-15H,4-13H2,(H,23,25)/t14-,15-,19?,20?/m1/s1. The van der Waals surface area contributed by atoms with Crippen molar-refractivity contribution >= 4 is 33.3 Å². The normalized spacial score (nSPS) is 38.4. The molecule has 1 saturated heterocycles. The number of ether oxygens (including phenoxy) is 1. The van der Waals surface area contributed by atoms with Crippen molar-refractivity contribution in [2.24, 2.45) is 17.3 Å². The van der Waals surface area contributed by atoms with Crippen LogP contribution in [0.25, 0.3) is 0 Å². The molecule has 2 atom stereocenters. The fourth-order valence-corrected chi connectivity index (χ4v) is 7.65. The van der Waals surface area contributed by atoms with Gasteiger partial charge < -0.3 is 15.0 Å². The highest BCUT2D eigenvalue weighted by Crippen LogP contribution is 2.64. The molecule has 6 heteroatoms. The van der Waals surface area contributed by atoms with Gasteiger partial charge in [-0.2, -0.15) is 0 Å². The van der Waals surface area contributed by atoms with E-state index in [1.165, 1.54) is 19.3 Å². The van der Waals surface area contributed by atoms with Crippen LogP contribution in [0.4, 0.5) is 11.5 Å². The fraction of sp³-hybridized carbons (Fsp3) is 0.700. The van der Waals surface area contributed by atoms with Crippen LogP contribution in [0.3, 0.4) is 0 Å². The summed E-state index contributed by atoms with van der Waals surface area (Å²) in [6.07, 6.45) is 8.68. The Morgan fingerprint density at radius 1 is 1.23 bits per heavy atom. The third-order valence-electron chi connectivity index (χ3n) is 6.82. The van der Waals surface area contributed by atoms with Gasteiger partial charge in [0.25, 0.3) is 0 Å². The van der Waals surface area contributed by atoms with E-state index >= 15 is 0 Å². The average molecular weight is 420 g/mol. The predicted molar refractivity (Wildman–Crippen MR) is 105 cm³/mol. The zero-order valence-corrected chi connectivity index (χ0v) is 16.6. The smallest absolute Gasteiger partial charge is 0.230 e. The summed E-state index contributed by atoms with van der Waals surface area (Å²) in [7, 11) is 0. The van der Waals surface area contributed by atoms with E-state index < -0.39 is 0 Å². The van der Waals surface area contributed by atoms with Crippen LogP contribution in [0.1, 0.15) is 38.5 Å². The number of hydrogen-bond acceptors (Lipinski definition) is 4. The first-order chi connectivity index (χ1) is 12.6. The van der Waals surface area contributed by atoms with E-state index in [4.69, 9.17) is 4.74 Å². The van der Waals surface area contributed by atoms with Crippen LogP contribution in [-0.2, 0) is 9.53 Å². The molecule has 140 valence electrons. The quantitative estimate of drug-likeness (QED) is 0.760. The van der Waals surface area contributed by atoms with Gasteiger partial charge in [-0.1, -0.05) is 15.9 Å². The van der Waals surface area contributed by atoms with Gasteiger partial charge in [-0.15, -0.1) is 0 Å². The van der Waals surface area contributed by atoms with Gasteiger partial charge in [0.15, 0.2) is 5.82 Å². The van der Waals surface area contributed by atoms with E-state index in [9.17, 15) is 4.79 Å². The molecule has 1 N–H and O–H groups in total. The first kappa shape index (κ1) is 17.0. The Balaban J connectivity index is 1.39. The van der Waals surface area contributed by atoms with Crippen LogP contribution in [0.5, 0.6) is 0 Å². The second-order valence-electron chi connectivity index (χ2n) is 8.82. The largest absolute Gasteiger partial charge is 0.378 e. The maximum Gasteiger partial charge on any atom is 0.230 e. The number of rotatable bonds is 3. The van der Waals surface area contributed by atoms with Crippen LogP contribution in [-0.4, -0.2) is 41.5 Å². The summed E-state index contributed by atoms with van der Waals surface area (Å²) in [5.74, 6) is 2.49. The van der Waals surface area contributed by atoms with Crippen molar-refractivity contribution in [1.29, 1.82) is 0 Å². The van der Waals surface area contributed by atoms with E-state index in [-0.39, 0.29) is 15.6 Å². The lowest BCUT2D eigenvalue weighted by atomic mass is 9.49. The van der Waals surface area contributed by atoms with Crippen LogP contribution in [0.15, 0.2) is 18.3 Å². The molecular weight excluding hydrogens is 394 g/mol. The maximum atomic E-state index is 13.4. The number of aromatic nitrogens is 1. The molecule has 1 aliphatic heterocycles. The van der Waals surface area contributed by atoms with Gasteiger partial charge >= 0.3 is 0 Å². The van der Waals surface area contributed by atoms with Gasteiger partial charge in [-0.3, -0.25) is 4.79 Å². The topological polar surface area (TPSA) is 54.5 Å². The third-order valence-corrected chi connectivity index (χ3v) is 7.74. The molecule has 4 bridgehead atoms. The van der Waals surface area contributed by atoms with Crippen molar-refractivity contribution in [3.05, 3.63) is 18.3 Å². The molecule has 0 spiro atoms. The molecule has 5 aliphatic rings. The van der Waals surface area contributed by atoms with Crippen molar-refractivity contribution in [2.45, 2.75) is 42.8 Å². The second kappa shape index (κ2) is 6.20. The van der Waals surface area contributed by atoms with E-state index in [2.05, 4.69) is 31.1 Å². The summed E-state index contributed by atoms with van der Waals surface area (Å²) in [5.41, 5.74) is 0.643. The molecule has 2 heterocycles. The number of anilines is 2. The summed E-state index contributed by atoms with van der Waals surface area (Å²) in [4.78, 5) is 20.2. The highest BCUT2D eigenvalue weighted by atomic mass is 79.9. The van der Waals surface area contributed by atoms with Crippen molar-refractivity contribution in [3.63, 3.8) is 0 Å². The van der Waals surface area contributed by atoms with E-state index in [0.717, 1.165) is 43.9 Å². The molecular formula is C20H26BrN3O2. The predicted octanol–water partition coefficient (Wildman–Crippen LogP) is 3.59. The molecule has 5 fully saturated rings. The molecule has 0 radical (unpaired) electrons. The van der Waals surface area contributed by atoms with Gasteiger partial charge in [0.05, 0.1) is 24.3 Å². The monoisotopic (exact) mass is 419 g/mol. The molecule has 5 nitrogen and oxygen atoms in total. The average Bonchev–Trinajstić information content (AvgIpc) is 2.61. The number of hydrogen-bond donors (Lipinski definition) is 1. The van der Waals surface area contributed by atoms with Crippen LogP contribution >= 0.6 is 15.9 Å². The highest BCUT2D eigenvalue weighted by molar-refractivity contribution is 9.10. The van der Waals surface area contributed by atoms with E-state index in [1.807, 2.05) is 12.1 Å². The van der Waals surface area contributed by atoms with Crippen LogP contribution in [0.2, 0.25) is 0 Å². The van der Waals surface area contributed by atoms with Gasteiger partial charge in [-0.05, 0) is 62.5 Å². The van der Waals surface area contributed by atoms with Gasteiger partial charge in [0.1, 0.15) is 0 Å². The minimum absolute atomic E-state index is 0.191. The number of amides is 1. The number of morpholine rings is 1. The van der Waals surface area contributed by atoms with Gasteiger partial charge in [0.2, 0.25) is 5.91 Å². The summed E-state index contributed by atoms with van der Waals surface area (Å²) >= 11 is 4.01. The fourth-order valence-electron chi connectivity index (χ4n) is 6.19. The Morgan fingerprint density at radius 3 is 2.65 bits per heavy atom. The number of alkyl halides is 1. The number of carbonyl (C=O) groups excluding carboxylic acids is 1. The Hall–Kier alpha value is -1.14. The molecule has 4 aliphatic carbocycles. The van der Waals surface area contributed by atoms with Crippen molar-refractivity contribution < 1.29 is 9.53 Å². The lowest BCUT2D eigenvalue weighted by molar-refractivity contribution is -0.138. The maximum absolute atomic E-state index is 13.4. The molecule has 26 heavy (non-hydrogen) atoms. The number of halogens is 1. The zero-order chi connectivity index (χ0) is 17.8. The molecule has 1 aromatic heterocycles. The summed E-state index contributed by atoms with van der Waals surface area (Å²) < 4.78 is 5.65. The lowest BCUT2D eigenvalue weighted by Gasteiger charge is -2.59. The molecule has 4 saturated carbocycles. The zero-order valence-electron chi connectivity index (χ0n) is 15.0. The minimum Gasteiger partial charge on any atom is -0.378 e. The summed E-state index contributed by atoms with van der Waals surface area (Å²) in [5, 5.41) is 3.28. The van der Waals surface area contributed by atoms with Crippen molar-refractivity contribution in [2.75, 3.05) is 36.5 Å². The highest BCUT2D eigenvalue weighted by Gasteiger charge is 2.59. The Morgan fingerprint density at radius 2 is 1.96 bits per heavy atom. The third kappa shape index (κ3) is 2.85. The van der Waals surface area contributed by atoms with Crippen molar-refractivity contribution in [1.82, 2.24) is 4.98 Å². The Bertz CT molecular complexity index is 705. The number of nitrogens with zero attached hydrogens (tertiary/aromatic N) is 2. The Kier molecular flexibility index (Phi) is 4.05. The van der Waals surface area contributed by atoms with Crippen LogP contribution in [0, 0.1) is 17.3 Å². The molecule has 1 amide bonds. The van der Waals surface area contributed by atoms with E-state index in [1.54, 1.807) is 6.20 Å². The second-order valence-corrected chi connectivity index (χ2v) is 10.5. The first-order valence-corrected chi connectivity index (χ1v) is 10.6. The molecule has 6 rings (SSSR count). The first-order valence-electron chi connectivity index (χ1n) is 9.83. The number of carbonyl (C=O) groups is 1. The lowest BCUT2D eigenvalue weighted by Crippen LogP contribution is -2.57. The molecule has 0 aromatic carbocycles. The Labute approximate surface area is 163 Å². The molecule has 0 unspecified atom stereocenters. The number of pyridine rings is 1. The SMILES string of the molecule is O=C(Nc1cccnc1N1CCOCC1)C12C[C@H]3C[C@@H](CC(Br)(C3)C1)C2.